The Hall–Kier alpha value is -4.88. The molecule has 6 atom stereocenters. The second-order valence-electron chi connectivity index (χ2n) is 19.5. The Kier molecular flexibility index (Phi) is 47.2. The number of aliphatic carboxylic acids is 1. The smallest absolute Gasteiger partial charge is 0.335 e. The molecule has 0 amide bonds. The lowest BCUT2D eigenvalue weighted by molar-refractivity contribution is -0.301. The second kappa shape index (κ2) is 51.9. The third-order valence-corrected chi connectivity index (χ3v) is 12.6. The van der Waals surface area contributed by atoms with Crippen molar-refractivity contribution in [1.29, 1.82) is 0 Å². The molecule has 6 unspecified atom stereocenters. The Labute approximate surface area is 465 Å². The molecule has 0 aromatic heterocycles. The predicted molar refractivity (Wildman–Crippen MR) is 312 cm³/mol. The van der Waals surface area contributed by atoms with Crippen LogP contribution >= 0.6 is 0 Å². The van der Waals surface area contributed by atoms with Gasteiger partial charge in [-0.3, -0.25) is 14.4 Å². The summed E-state index contributed by atoms with van der Waals surface area (Å²) >= 11 is 0. The van der Waals surface area contributed by atoms with Crippen LogP contribution in [0, 0.1) is 0 Å². The van der Waals surface area contributed by atoms with Crippen LogP contribution in [0.5, 0.6) is 0 Å². The average molecular weight is 1080 g/mol. The molecule has 0 saturated carbocycles. The van der Waals surface area contributed by atoms with E-state index in [4.69, 9.17) is 23.7 Å². The molecular formula is C65H102O12. The number of aliphatic hydroxyl groups is 2. The van der Waals surface area contributed by atoms with Gasteiger partial charge >= 0.3 is 23.9 Å². The maximum Gasteiger partial charge on any atom is 0.335 e. The molecule has 1 fully saturated rings. The van der Waals surface area contributed by atoms with E-state index < -0.39 is 67.3 Å². The van der Waals surface area contributed by atoms with E-state index in [1.54, 1.807) is 12.2 Å². The maximum atomic E-state index is 13.1. The molecule has 12 heteroatoms. The summed E-state index contributed by atoms with van der Waals surface area (Å²) in [7, 11) is 0. The summed E-state index contributed by atoms with van der Waals surface area (Å²) in [4.78, 5) is 51.0. The van der Waals surface area contributed by atoms with Gasteiger partial charge in [-0.1, -0.05) is 219 Å². The molecule has 1 aliphatic rings. The summed E-state index contributed by atoms with van der Waals surface area (Å²) in [6.45, 7) is 5.64. The summed E-state index contributed by atoms with van der Waals surface area (Å²) in [5.41, 5.74) is 0. The molecule has 77 heavy (non-hydrogen) atoms. The predicted octanol–water partition coefficient (Wildman–Crippen LogP) is 15.2. The highest BCUT2D eigenvalue weighted by Crippen LogP contribution is 2.26. The Bertz CT molecular complexity index is 1800. The van der Waals surface area contributed by atoms with Gasteiger partial charge in [-0.05, 0) is 96.3 Å². The Balaban J connectivity index is 2.75. The van der Waals surface area contributed by atoms with Crippen molar-refractivity contribution in [2.45, 2.75) is 250 Å². The fourth-order valence-corrected chi connectivity index (χ4v) is 8.10. The van der Waals surface area contributed by atoms with Gasteiger partial charge in [0.2, 0.25) is 0 Å². The number of carbonyl (C=O) groups excluding carboxylic acids is 3. The van der Waals surface area contributed by atoms with Crippen LogP contribution in [-0.4, -0.2) is 89.2 Å². The summed E-state index contributed by atoms with van der Waals surface area (Å²) < 4.78 is 28.2. The number of esters is 3. The number of hydrogen-bond acceptors (Lipinski definition) is 11. The molecule has 0 bridgehead atoms. The van der Waals surface area contributed by atoms with Crippen LogP contribution in [0.4, 0.5) is 0 Å². The van der Waals surface area contributed by atoms with Gasteiger partial charge in [-0.15, -0.1) is 0 Å². The molecule has 0 aromatic carbocycles. The molecule has 1 heterocycles. The Morgan fingerprint density at radius 3 is 1.36 bits per heavy atom. The van der Waals surface area contributed by atoms with E-state index in [0.29, 0.717) is 25.7 Å². The quantitative estimate of drug-likeness (QED) is 0.0228. The van der Waals surface area contributed by atoms with Crippen LogP contribution in [0.1, 0.15) is 213 Å². The molecule has 0 aromatic rings. The lowest BCUT2D eigenvalue weighted by atomic mass is 9.98. The number of carboxylic acid groups (broad SMARTS) is 1. The molecule has 0 radical (unpaired) electrons. The molecule has 0 spiro atoms. The van der Waals surface area contributed by atoms with Crippen molar-refractivity contribution < 1.29 is 58.2 Å². The van der Waals surface area contributed by atoms with E-state index in [-0.39, 0.29) is 25.9 Å². The highest BCUT2D eigenvalue weighted by atomic mass is 16.7. The van der Waals surface area contributed by atoms with Crippen molar-refractivity contribution >= 4 is 23.9 Å². The Morgan fingerprint density at radius 2 is 0.883 bits per heavy atom. The average Bonchev–Trinajstić information content (AvgIpc) is 3.42. The maximum absolute atomic E-state index is 13.1. The van der Waals surface area contributed by atoms with Crippen LogP contribution in [0.3, 0.4) is 0 Å². The van der Waals surface area contributed by atoms with Gasteiger partial charge in [0.1, 0.15) is 18.8 Å². The zero-order valence-corrected chi connectivity index (χ0v) is 47.7. The van der Waals surface area contributed by atoms with Crippen LogP contribution in [-0.2, 0) is 42.9 Å². The first-order valence-electron chi connectivity index (χ1n) is 29.5. The third-order valence-electron chi connectivity index (χ3n) is 12.6. The summed E-state index contributed by atoms with van der Waals surface area (Å²) in [5.74, 6) is -3.41. The number of unbranched alkanes of at least 4 members (excludes halogenated alkanes) is 15. The minimum atomic E-state index is -1.95. The fraction of sp³-hybridized carbons (Fsp3) is 0.631. The van der Waals surface area contributed by atoms with Gasteiger partial charge in [-0.25, -0.2) is 4.79 Å². The number of carbonyl (C=O) groups is 4. The lowest BCUT2D eigenvalue weighted by Crippen LogP contribution is -2.61. The van der Waals surface area contributed by atoms with Crippen LogP contribution < -0.4 is 0 Å². The first kappa shape index (κ1) is 70.1. The Morgan fingerprint density at radius 1 is 0.455 bits per heavy atom. The van der Waals surface area contributed by atoms with Crippen LogP contribution in [0.25, 0.3) is 0 Å². The molecule has 1 rings (SSSR count). The van der Waals surface area contributed by atoms with E-state index in [0.717, 1.165) is 70.6 Å². The third kappa shape index (κ3) is 41.8. The molecule has 12 nitrogen and oxygen atoms in total. The zero-order chi connectivity index (χ0) is 56.1. The molecule has 1 saturated heterocycles. The summed E-state index contributed by atoms with van der Waals surface area (Å²) in [6.07, 6.45) is 59.3. The number of ether oxygens (including phenoxy) is 5. The van der Waals surface area contributed by atoms with E-state index in [9.17, 15) is 34.5 Å². The van der Waals surface area contributed by atoms with Gasteiger partial charge in [-0.2, -0.15) is 0 Å². The molecule has 434 valence electrons. The molecule has 3 N–H and O–H groups in total. The van der Waals surface area contributed by atoms with Gasteiger partial charge in [0, 0.05) is 12.8 Å². The minimum Gasteiger partial charge on any atom is -0.479 e. The van der Waals surface area contributed by atoms with Gasteiger partial charge in [0.25, 0.3) is 0 Å². The van der Waals surface area contributed by atoms with Gasteiger partial charge in [0.05, 0.1) is 13.0 Å². The van der Waals surface area contributed by atoms with E-state index >= 15 is 0 Å². The zero-order valence-electron chi connectivity index (χ0n) is 47.7. The number of rotatable bonds is 48. The normalized spacial score (nSPS) is 18.9. The number of hydrogen-bond donors (Lipinski definition) is 3. The molecule has 1 aliphatic heterocycles. The number of aliphatic hydroxyl groups excluding tert-OH is 2. The fourth-order valence-electron chi connectivity index (χ4n) is 8.10. The van der Waals surface area contributed by atoms with Crippen molar-refractivity contribution in [3.05, 3.63) is 122 Å². The molecular weight excluding hydrogens is 973 g/mol. The number of allylic oxidation sites excluding steroid dienone is 19. The first-order chi connectivity index (χ1) is 37.6. The first-order valence-corrected chi connectivity index (χ1v) is 29.5. The highest BCUT2D eigenvalue weighted by Gasteiger charge is 2.50. The largest absolute Gasteiger partial charge is 0.479 e. The van der Waals surface area contributed by atoms with E-state index in [1.807, 2.05) is 24.3 Å². The van der Waals surface area contributed by atoms with Gasteiger partial charge < -0.3 is 39.0 Å². The van der Waals surface area contributed by atoms with Crippen molar-refractivity contribution in [2.75, 3.05) is 13.2 Å². The molecule has 0 aliphatic carbocycles. The SMILES string of the molecule is CC/C=C\C/C=C\C/C=C\C/C=C\C/C=C\CC(=O)OC1C(OCC(COC(=O)CCCCCCCCCCC/C=C\CCCCCCCC)OC(=O)CC/C=C\C/C=C\C/C=C\C/C=C\CC)OC(C(=O)O)C(O)C1O. The van der Waals surface area contributed by atoms with Crippen molar-refractivity contribution in [3.8, 4) is 0 Å². The lowest BCUT2D eigenvalue weighted by Gasteiger charge is -2.40. The van der Waals surface area contributed by atoms with Crippen LogP contribution in [0.2, 0.25) is 0 Å². The number of carboxylic acids is 1. The van der Waals surface area contributed by atoms with E-state index in [1.165, 1.54) is 77.0 Å². The highest BCUT2D eigenvalue weighted by molar-refractivity contribution is 5.74. The monoisotopic (exact) mass is 1070 g/mol. The topological polar surface area (TPSA) is 175 Å². The van der Waals surface area contributed by atoms with Gasteiger partial charge in [0.15, 0.2) is 24.6 Å². The standard InChI is InChI=1S/C65H102O12/c1-4-7-10-13-16-19-22-25-27-28-29-30-32-34-36-39-42-45-48-51-57(66)73-54-56(75-58(67)52-49-46-43-40-37-33-24-21-18-15-12-9-6-3)55-74-65-63(61(70)60(69)62(77-65)64(71)72)76-59(68)53-50-47-44-41-38-35-31-26-23-20-17-14-11-8-5-2/h8-9,11-12,17-18,20-21,25-27,31,33,37-38,41,43,46-47,50,56,60-63,65,69-70H,4-7,10,13-16,19,22-24,28-30,32,34-36,39-40,42,44-45,48-49,51-55H2,1-3H3,(H,71,72)/b11-8-,12-9-,20-17-,21-18-,27-25-,31-26-,37-33-,41-38-,46-43-,50-47-. The van der Waals surface area contributed by atoms with Crippen molar-refractivity contribution in [1.82, 2.24) is 0 Å². The van der Waals surface area contributed by atoms with Crippen molar-refractivity contribution in [2.24, 2.45) is 0 Å². The second-order valence-corrected chi connectivity index (χ2v) is 19.5. The van der Waals surface area contributed by atoms with Crippen LogP contribution in [0.15, 0.2) is 122 Å². The van der Waals surface area contributed by atoms with Crippen molar-refractivity contribution in [3.63, 3.8) is 0 Å². The minimum absolute atomic E-state index is 0.0251. The van der Waals surface area contributed by atoms with E-state index in [2.05, 4.69) is 106 Å². The summed E-state index contributed by atoms with van der Waals surface area (Å²) in [6, 6.07) is 0. The summed E-state index contributed by atoms with van der Waals surface area (Å²) in [5, 5.41) is 31.4.